The number of hydrogen-bond donors (Lipinski definition) is 2. The van der Waals surface area contributed by atoms with Crippen LogP contribution < -0.4 is 11.0 Å². The molecule has 0 spiro atoms. The summed E-state index contributed by atoms with van der Waals surface area (Å²) in [4.78, 5) is 15.5. The molecule has 2 N–H and O–H groups in total. The van der Waals surface area contributed by atoms with Gasteiger partial charge in [0.25, 0.3) is 0 Å². The van der Waals surface area contributed by atoms with E-state index in [-0.39, 0.29) is 5.69 Å². The van der Waals surface area contributed by atoms with Crippen LogP contribution in [-0.4, -0.2) is 26.3 Å². The lowest BCUT2D eigenvalue weighted by atomic mass is 10.3. The molecule has 2 rings (SSSR count). The van der Waals surface area contributed by atoms with Gasteiger partial charge in [0.1, 0.15) is 5.82 Å². The molecule has 2 aromatic rings. The zero-order valence-corrected chi connectivity index (χ0v) is 11.1. The van der Waals surface area contributed by atoms with Crippen molar-refractivity contribution in [3.05, 3.63) is 34.4 Å². The molecule has 0 saturated carbocycles. The van der Waals surface area contributed by atoms with Crippen molar-refractivity contribution in [3.8, 4) is 0 Å². The Bertz CT molecular complexity index is 560. The van der Waals surface area contributed by atoms with E-state index in [1.807, 2.05) is 25.3 Å². The first-order valence-corrected chi connectivity index (χ1v) is 6.62. The van der Waals surface area contributed by atoms with Gasteiger partial charge in [0, 0.05) is 25.5 Å². The Morgan fingerprint density at radius 2 is 2.33 bits per heavy atom. The average molecular weight is 265 g/mol. The molecule has 0 radical (unpaired) electrons. The van der Waals surface area contributed by atoms with Crippen molar-refractivity contribution >= 4 is 17.6 Å². The summed E-state index contributed by atoms with van der Waals surface area (Å²) in [5.74, 6) is 1.61. The van der Waals surface area contributed by atoms with Crippen molar-refractivity contribution in [2.24, 2.45) is 7.05 Å². The molecule has 6 nitrogen and oxygen atoms in total. The van der Waals surface area contributed by atoms with Crippen molar-refractivity contribution < 1.29 is 0 Å². The first-order chi connectivity index (χ1) is 8.70. The highest BCUT2D eigenvalue weighted by Crippen LogP contribution is 2.18. The molecule has 0 saturated heterocycles. The van der Waals surface area contributed by atoms with Gasteiger partial charge in [-0.05, 0) is 18.6 Å². The minimum absolute atomic E-state index is 0.196. The van der Waals surface area contributed by atoms with Crippen LogP contribution in [0.2, 0.25) is 0 Å². The van der Waals surface area contributed by atoms with E-state index in [0.29, 0.717) is 5.16 Å². The van der Waals surface area contributed by atoms with Crippen molar-refractivity contribution in [1.82, 2.24) is 19.7 Å². The third kappa shape index (κ3) is 2.92. The summed E-state index contributed by atoms with van der Waals surface area (Å²) in [5.41, 5.74) is 0.898. The van der Waals surface area contributed by atoms with E-state index >= 15 is 0 Å². The molecule has 2 heterocycles. The Hall–Kier alpha value is -1.76. The van der Waals surface area contributed by atoms with Gasteiger partial charge in [0.05, 0.1) is 0 Å². The number of anilines is 1. The average Bonchev–Trinajstić information content (AvgIpc) is 2.70. The number of thioether (sulfide) groups is 1. The number of rotatable bonds is 5. The lowest BCUT2D eigenvalue weighted by Gasteiger charge is -2.03. The predicted molar refractivity (Wildman–Crippen MR) is 71.8 cm³/mol. The molecule has 96 valence electrons. The normalized spacial score (nSPS) is 10.6. The fourth-order valence-electron chi connectivity index (χ4n) is 1.41. The van der Waals surface area contributed by atoms with Crippen LogP contribution in [-0.2, 0) is 12.8 Å². The minimum atomic E-state index is -0.196. The smallest absolute Gasteiger partial charge is 0.343 e. The van der Waals surface area contributed by atoms with Crippen molar-refractivity contribution in [1.29, 1.82) is 0 Å². The maximum Gasteiger partial charge on any atom is 0.343 e. The predicted octanol–water partition coefficient (Wildman–Crippen LogP) is 1.23. The standard InChI is InChI=1S/C11H15N5OS/c1-3-12-9-5-4-8(6-13-9)7-18-11-15-14-10(17)16(11)2/h4-6H,3,7H2,1-2H3,(H,12,13)(H,14,17). The lowest BCUT2D eigenvalue weighted by Crippen LogP contribution is -2.12. The Morgan fingerprint density at radius 3 is 2.89 bits per heavy atom. The summed E-state index contributed by atoms with van der Waals surface area (Å²) in [5, 5.41) is 10.2. The van der Waals surface area contributed by atoms with Gasteiger partial charge in [-0.1, -0.05) is 17.8 Å². The second kappa shape index (κ2) is 5.72. The molecule has 0 aliphatic carbocycles. The highest BCUT2D eigenvalue weighted by molar-refractivity contribution is 7.98. The zero-order valence-electron chi connectivity index (χ0n) is 10.3. The van der Waals surface area contributed by atoms with Gasteiger partial charge in [0.2, 0.25) is 0 Å². The minimum Gasteiger partial charge on any atom is -0.370 e. The Balaban J connectivity index is 1.98. The van der Waals surface area contributed by atoms with Crippen LogP contribution in [0.4, 0.5) is 5.82 Å². The SMILES string of the molecule is CCNc1ccc(CSc2n[nH]c(=O)n2C)cn1. The largest absolute Gasteiger partial charge is 0.370 e. The van der Waals surface area contributed by atoms with Crippen LogP contribution in [0.3, 0.4) is 0 Å². The molecule has 0 atom stereocenters. The number of hydrogen-bond acceptors (Lipinski definition) is 5. The van der Waals surface area contributed by atoms with Gasteiger partial charge in [-0.15, -0.1) is 5.10 Å². The second-order valence-electron chi connectivity index (χ2n) is 3.74. The van der Waals surface area contributed by atoms with E-state index in [0.717, 1.165) is 23.7 Å². The molecule has 0 unspecified atom stereocenters. The zero-order chi connectivity index (χ0) is 13.0. The number of aromatic nitrogens is 4. The molecule has 0 aliphatic heterocycles. The summed E-state index contributed by atoms with van der Waals surface area (Å²) < 4.78 is 1.49. The molecule has 0 bridgehead atoms. The van der Waals surface area contributed by atoms with Gasteiger partial charge >= 0.3 is 5.69 Å². The Kier molecular flexibility index (Phi) is 4.03. The number of pyridine rings is 1. The molecule has 7 heteroatoms. The molecule has 0 aliphatic rings. The quantitative estimate of drug-likeness (QED) is 0.795. The van der Waals surface area contributed by atoms with E-state index in [2.05, 4.69) is 20.5 Å². The molecular weight excluding hydrogens is 250 g/mol. The summed E-state index contributed by atoms with van der Waals surface area (Å²) in [6.07, 6.45) is 1.83. The van der Waals surface area contributed by atoms with E-state index in [1.54, 1.807) is 7.05 Å². The number of H-pyrrole nitrogens is 1. The van der Waals surface area contributed by atoms with E-state index < -0.39 is 0 Å². The first-order valence-electron chi connectivity index (χ1n) is 5.63. The van der Waals surface area contributed by atoms with E-state index in [9.17, 15) is 4.79 Å². The topological polar surface area (TPSA) is 75.6 Å². The molecule has 0 fully saturated rings. The fourth-order valence-corrected chi connectivity index (χ4v) is 2.26. The molecule has 2 aromatic heterocycles. The fraction of sp³-hybridized carbons (Fsp3) is 0.364. The molecule has 0 aromatic carbocycles. The van der Waals surface area contributed by atoms with Gasteiger partial charge in [-0.2, -0.15) is 0 Å². The third-order valence-corrected chi connectivity index (χ3v) is 3.49. The number of aromatic amines is 1. The van der Waals surface area contributed by atoms with Crippen LogP contribution in [0.15, 0.2) is 28.3 Å². The van der Waals surface area contributed by atoms with Crippen molar-refractivity contribution in [2.45, 2.75) is 17.8 Å². The molecule has 18 heavy (non-hydrogen) atoms. The maximum atomic E-state index is 11.2. The van der Waals surface area contributed by atoms with Gasteiger partial charge < -0.3 is 5.32 Å². The van der Waals surface area contributed by atoms with E-state index in [1.165, 1.54) is 16.3 Å². The Labute approximate surface area is 109 Å². The lowest BCUT2D eigenvalue weighted by molar-refractivity contribution is 0.765. The highest BCUT2D eigenvalue weighted by atomic mass is 32.2. The van der Waals surface area contributed by atoms with Crippen LogP contribution in [0.25, 0.3) is 0 Å². The monoisotopic (exact) mass is 265 g/mol. The summed E-state index contributed by atoms with van der Waals surface area (Å²) in [6.45, 7) is 2.89. The maximum absolute atomic E-state index is 11.2. The third-order valence-electron chi connectivity index (χ3n) is 2.39. The van der Waals surface area contributed by atoms with Gasteiger partial charge in [-0.25, -0.2) is 14.9 Å². The molecule has 0 amide bonds. The molecular formula is C11H15N5OS. The second-order valence-corrected chi connectivity index (χ2v) is 4.68. The summed E-state index contributed by atoms with van der Waals surface area (Å²) in [6, 6.07) is 3.96. The number of nitrogens with zero attached hydrogens (tertiary/aromatic N) is 3. The van der Waals surface area contributed by atoms with Gasteiger partial charge in [0.15, 0.2) is 5.16 Å². The number of nitrogens with one attached hydrogen (secondary N) is 2. The van der Waals surface area contributed by atoms with Crippen LogP contribution in [0.1, 0.15) is 12.5 Å². The first kappa shape index (κ1) is 12.7. The van der Waals surface area contributed by atoms with Gasteiger partial charge in [-0.3, -0.25) is 4.57 Å². The van der Waals surface area contributed by atoms with Crippen LogP contribution >= 0.6 is 11.8 Å². The Morgan fingerprint density at radius 1 is 1.50 bits per heavy atom. The van der Waals surface area contributed by atoms with Crippen LogP contribution in [0.5, 0.6) is 0 Å². The summed E-state index contributed by atoms with van der Waals surface area (Å²) in [7, 11) is 1.70. The van der Waals surface area contributed by atoms with Crippen LogP contribution in [0, 0.1) is 0 Å². The van der Waals surface area contributed by atoms with Crippen molar-refractivity contribution in [3.63, 3.8) is 0 Å². The van der Waals surface area contributed by atoms with Crippen molar-refractivity contribution in [2.75, 3.05) is 11.9 Å². The summed E-state index contributed by atoms with van der Waals surface area (Å²) >= 11 is 1.50. The van der Waals surface area contributed by atoms with E-state index in [4.69, 9.17) is 0 Å². The highest BCUT2D eigenvalue weighted by Gasteiger charge is 2.05.